The number of benzene rings is 1. The molecule has 2 amide bonds. The Hall–Kier alpha value is -2.52. The molecule has 150 valence electrons. The molecular weight excluding hydrogens is 404 g/mol. The first-order valence-corrected chi connectivity index (χ1v) is 9.83. The molecule has 1 aliphatic rings. The molecule has 0 bridgehead atoms. The van der Waals surface area contributed by atoms with Gasteiger partial charge < -0.3 is 10.4 Å². The zero-order valence-electron chi connectivity index (χ0n) is 15.5. The van der Waals surface area contributed by atoms with E-state index in [-0.39, 0.29) is 30.6 Å². The summed E-state index contributed by atoms with van der Waals surface area (Å²) in [5, 5.41) is 20.0. The van der Waals surface area contributed by atoms with Crippen LogP contribution in [0.15, 0.2) is 18.2 Å². The fourth-order valence-electron chi connectivity index (χ4n) is 2.74. The fraction of sp³-hybridized carbons (Fsp3) is 0.389. The number of amides is 2. The number of aromatic nitrogens is 2. The van der Waals surface area contributed by atoms with Crippen LogP contribution >= 0.6 is 22.9 Å². The Morgan fingerprint density at radius 2 is 2.18 bits per heavy atom. The first-order chi connectivity index (χ1) is 13.4. The second kappa shape index (κ2) is 10.1. The van der Waals surface area contributed by atoms with Gasteiger partial charge in [-0.3, -0.25) is 19.3 Å². The van der Waals surface area contributed by atoms with E-state index in [0.717, 1.165) is 22.6 Å². The molecule has 1 aromatic carbocycles. The maximum atomic E-state index is 12.4. The van der Waals surface area contributed by atoms with E-state index in [4.69, 9.17) is 21.5 Å². The largest absolute Gasteiger partial charge is 0.483 e. The molecule has 28 heavy (non-hydrogen) atoms. The predicted molar refractivity (Wildman–Crippen MR) is 106 cm³/mol. The van der Waals surface area contributed by atoms with Crippen LogP contribution in [0, 0.1) is 12.8 Å². The molecule has 1 atom stereocenters. The quantitative estimate of drug-likeness (QED) is 0.713. The lowest BCUT2D eigenvalue weighted by Gasteiger charge is -2.13. The summed E-state index contributed by atoms with van der Waals surface area (Å²) in [6.07, 6.45) is 0.976. The molecule has 3 rings (SSSR count). The third-order valence-electron chi connectivity index (χ3n) is 4.32. The molecule has 2 N–H and O–H groups in total. The Bertz CT molecular complexity index is 858. The number of nitrogens with zero attached hydrogens (tertiary/aromatic N) is 3. The number of halogens is 1. The Balaban J connectivity index is 0.000000878. The second-order valence-electron chi connectivity index (χ2n) is 6.08. The van der Waals surface area contributed by atoms with Gasteiger partial charge in [0.15, 0.2) is 0 Å². The van der Waals surface area contributed by atoms with Crippen molar-refractivity contribution in [1.29, 1.82) is 0 Å². The van der Waals surface area contributed by atoms with Crippen molar-refractivity contribution in [3.8, 4) is 0 Å². The van der Waals surface area contributed by atoms with Gasteiger partial charge in [0, 0.05) is 24.5 Å². The Morgan fingerprint density at radius 3 is 2.82 bits per heavy atom. The van der Waals surface area contributed by atoms with Gasteiger partial charge >= 0.3 is 0 Å². The molecule has 0 saturated carbocycles. The van der Waals surface area contributed by atoms with E-state index in [1.807, 2.05) is 32.0 Å². The highest BCUT2D eigenvalue weighted by atomic mass is 35.5. The molecule has 0 spiro atoms. The van der Waals surface area contributed by atoms with Crippen LogP contribution in [0.25, 0.3) is 0 Å². The molecule has 8 nitrogen and oxygen atoms in total. The van der Waals surface area contributed by atoms with Crippen molar-refractivity contribution < 1.29 is 19.5 Å². The number of hydrogen-bond donors (Lipinski definition) is 2. The van der Waals surface area contributed by atoms with Gasteiger partial charge in [0.05, 0.1) is 5.92 Å². The van der Waals surface area contributed by atoms with Crippen molar-refractivity contribution >= 4 is 46.4 Å². The normalized spacial score (nSPS) is 15.8. The van der Waals surface area contributed by atoms with Crippen LogP contribution in [-0.2, 0) is 27.3 Å². The van der Waals surface area contributed by atoms with Gasteiger partial charge in [0.2, 0.25) is 16.9 Å². The Kier molecular flexibility index (Phi) is 7.89. The van der Waals surface area contributed by atoms with Crippen LogP contribution in [-0.4, -0.2) is 40.1 Å². The number of aryl methyl sites for hydroxylation is 1. The summed E-state index contributed by atoms with van der Waals surface area (Å²) in [7, 11) is 0. The van der Waals surface area contributed by atoms with Crippen molar-refractivity contribution in [2.75, 3.05) is 11.4 Å². The summed E-state index contributed by atoms with van der Waals surface area (Å²) in [6.45, 7) is 4.40. The highest BCUT2D eigenvalue weighted by Crippen LogP contribution is 2.28. The monoisotopic (exact) mass is 424 g/mol. The third kappa shape index (κ3) is 5.26. The molecule has 0 radical (unpaired) electrons. The van der Waals surface area contributed by atoms with E-state index in [9.17, 15) is 9.59 Å². The standard InChI is InChI=1S/C17H19ClN4O2S.CH2O2/c1-3-14-20-21-17(25-14)22-9-12(7-15(22)23)16(24)19-8-11-5-4-6-13(18)10(11)2;2-1-3/h4-6,12H,3,7-9H2,1-2H3,(H,19,24);1H,(H,2,3). The number of carbonyl (C=O) groups excluding carboxylic acids is 2. The van der Waals surface area contributed by atoms with Crippen LogP contribution < -0.4 is 10.2 Å². The third-order valence-corrected chi connectivity index (χ3v) is 5.82. The lowest BCUT2D eigenvalue weighted by atomic mass is 10.1. The lowest BCUT2D eigenvalue weighted by Crippen LogP contribution is -2.32. The van der Waals surface area contributed by atoms with E-state index in [0.29, 0.717) is 23.2 Å². The molecule has 2 heterocycles. The number of nitrogens with one attached hydrogen (secondary N) is 1. The van der Waals surface area contributed by atoms with E-state index in [2.05, 4.69) is 15.5 Å². The molecule has 1 fully saturated rings. The van der Waals surface area contributed by atoms with Crippen LogP contribution in [0.3, 0.4) is 0 Å². The van der Waals surface area contributed by atoms with Crippen LogP contribution in [0.2, 0.25) is 5.02 Å². The lowest BCUT2D eigenvalue weighted by molar-refractivity contribution is -0.126. The molecule has 1 unspecified atom stereocenters. The maximum Gasteiger partial charge on any atom is 0.290 e. The average Bonchev–Trinajstić information content (AvgIpc) is 3.29. The summed E-state index contributed by atoms with van der Waals surface area (Å²) in [5.41, 5.74) is 1.92. The molecule has 1 aliphatic heterocycles. The second-order valence-corrected chi connectivity index (χ2v) is 7.53. The fourth-order valence-corrected chi connectivity index (χ4v) is 3.73. The summed E-state index contributed by atoms with van der Waals surface area (Å²) in [4.78, 5) is 34.6. The van der Waals surface area contributed by atoms with E-state index in [1.165, 1.54) is 11.3 Å². The van der Waals surface area contributed by atoms with Gasteiger partial charge in [0.25, 0.3) is 6.47 Å². The molecule has 1 aromatic heterocycles. The van der Waals surface area contributed by atoms with Gasteiger partial charge in [-0.2, -0.15) is 0 Å². The van der Waals surface area contributed by atoms with Gasteiger partial charge in [-0.05, 0) is 30.5 Å². The Labute approximate surface area is 171 Å². The van der Waals surface area contributed by atoms with Gasteiger partial charge in [0.1, 0.15) is 5.01 Å². The van der Waals surface area contributed by atoms with Crippen molar-refractivity contribution in [3.63, 3.8) is 0 Å². The molecule has 10 heteroatoms. The number of carbonyl (C=O) groups is 3. The van der Waals surface area contributed by atoms with E-state index in [1.54, 1.807) is 4.90 Å². The van der Waals surface area contributed by atoms with Crippen molar-refractivity contribution in [1.82, 2.24) is 15.5 Å². The van der Waals surface area contributed by atoms with Gasteiger partial charge in [-0.1, -0.05) is 42.0 Å². The number of carboxylic acid groups (broad SMARTS) is 1. The van der Waals surface area contributed by atoms with Gasteiger partial charge in [-0.15, -0.1) is 10.2 Å². The van der Waals surface area contributed by atoms with Gasteiger partial charge in [-0.25, -0.2) is 0 Å². The van der Waals surface area contributed by atoms with E-state index >= 15 is 0 Å². The molecular formula is C18H21ClN4O4S. The summed E-state index contributed by atoms with van der Waals surface area (Å²) >= 11 is 7.50. The average molecular weight is 425 g/mol. The molecule has 0 aliphatic carbocycles. The summed E-state index contributed by atoms with van der Waals surface area (Å²) in [6, 6.07) is 5.61. The molecule has 2 aromatic rings. The highest BCUT2D eigenvalue weighted by molar-refractivity contribution is 7.15. The highest BCUT2D eigenvalue weighted by Gasteiger charge is 2.36. The summed E-state index contributed by atoms with van der Waals surface area (Å²) in [5.74, 6) is -0.589. The predicted octanol–water partition coefficient (Wildman–Crippen LogP) is 2.43. The minimum atomic E-state index is -0.374. The van der Waals surface area contributed by atoms with E-state index < -0.39 is 0 Å². The SMILES string of the molecule is CCc1nnc(N2CC(C(=O)NCc3cccc(Cl)c3C)CC2=O)s1.O=CO. The number of hydrogen-bond acceptors (Lipinski definition) is 6. The van der Waals surface area contributed by atoms with Crippen molar-refractivity contribution in [3.05, 3.63) is 39.4 Å². The van der Waals surface area contributed by atoms with Crippen LogP contribution in [0.1, 0.15) is 29.5 Å². The zero-order valence-corrected chi connectivity index (χ0v) is 17.1. The zero-order chi connectivity index (χ0) is 20.7. The minimum Gasteiger partial charge on any atom is -0.483 e. The van der Waals surface area contributed by atoms with Crippen LogP contribution in [0.5, 0.6) is 0 Å². The van der Waals surface area contributed by atoms with Crippen molar-refractivity contribution in [2.24, 2.45) is 5.92 Å². The smallest absolute Gasteiger partial charge is 0.290 e. The first kappa shape index (κ1) is 21.8. The minimum absolute atomic E-state index is 0.0853. The number of rotatable bonds is 5. The number of anilines is 1. The topological polar surface area (TPSA) is 112 Å². The first-order valence-electron chi connectivity index (χ1n) is 8.63. The molecule has 1 saturated heterocycles. The van der Waals surface area contributed by atoms with Crippen LogP contribution in [0.4, 0.5) is 5.13 Å². The summed E-state index contributed by atoms with van der Waals surface area (Å²) < 4.78 is 0. The Morgan fingerprint density at radius 1 is 1.46 bits per heavy atom. The maximum absolute atomic E-state index is 12.4. The van der Waals surface area contributed by atoms with Crippen molar-refractivity contribution in [2.45, 2.75) is 33.2 Å².